The molecule has 0 aliphatic rings. The summed E-state index contributed by atoms with van der Waals surface area (Å²) in [5.41, 5.74) is 1.17. The van der Waals surface area contributed by atoms with Crippen LogP contribution in [-0.4, -0.2) is 21.7 Å². The third-order valence-electron chi connectivity index (χ3n) is 2.73. The summed E-state index contributed by atoms with van der Waals surface area (Å²) in [6, 6.07) is 10.3. The van der Waals surface area contributed by atoms with E-state index in [2.05, 4.69) is 41.9 Å². The van der Waals surface area contributed by atoms with Gasteiger partial charge in [0.1, 0.15) is 0 Å². The van der Waals surface area contributed by atoms with E-state index >= 15 is 0 Å². The van der Waals surface area contributed by atoms with Crippen LogP contribution < -0.4 is 0 Å². The third kappa shape index (κ3) is 4.15. The van der Waals surface area contributed by atoms with Gasteiger partial charge in [-0.1, -0.05) is 53.2 Å². The molecule has 0 saturated heterocycles. The minimum atomic E-state index is -0.0754. The maximum atomic E-state index is 12.2. The Labute approximate surface area is 112 Å². The van der Waals surface area contributed by atoms with Gasteiger partial charge in [-0.3, -0.25) is 4.79 Å². The summed E-state index contributed by atoms with van der Waals surface area (Å²) in [4.78, 5) is 14.0. The van der Waals surface area contributed by atoms with E-state index in [1.165, 1.54) is 5.56 Å². The molecule has 0 heterocycles. The van der Waals surface area contributed by atoms with Crippen molar-refractivity contribution in [1.29, 1.82) is 0 Å². The van der Waals surface area contributed by atoms with E-state index < -0.39 is 0 Å². The van der Waals surface area contributed by atoms with Crippen molar-refractivity contribution in [1.82, 2.24) is 4.90 Å². The third-order valence-corrected chi connectivity index (χ3v) is 3.77. The fraction of sp³-hybridized carbons (Fsp3) is 0.500. The first-order valence-corrected chi connectivity index (χ1v) is 6.96. The van der Waals surface area contributed by atoms with Gasteiger partial charge in [0.2, 0.25) is 5.91 Å². The van der Waals surface area contributed by atoms with Gasteiger partial charge in [-0.15, -0.1) is 0 Å². The van der Waals surface area contributed by atoms with Crippen LogP contribution in [0, 0.1) is 0 Å². The molecule has 1 amide bonds. The first-order chi connectivity index (χ1) is 8.06. The molecule has 0 N–H and O–H groups in total. The zero-order chi connectivity index (χ0) is 12.8. The van der Waals surface area contributed by atoms with Crippen molar-refractivity contribution in [3.8, 4) is 0 Å². The molecule has 0 spiro atoms. The Morgan fingerprint density at radius 1 is 1.29 bits per heavy atom. The molecule has 3 heteroatoms. The van der Waals surface area contributed by atoms with Crippen molar-refractivity contribution in [2.75, 3.05) is 0 Å². The summed E-state index contributed by atoms with van der Waals surface area (Å²) in [5.74, 6) is 0.173. The molecule has 1 rings (SSSR count). The second-order valence-electron chi connectivity index (χ2n) is 4.42. The van der Waals surface area contributed by atoms with Gasteiger partial charge in [0.25, 0.3) is 0 Å². The standard InChI is InChI=1S/C14H20BrNO/c1-4-13(15)14(17)16(11(2)3)10-12-8-6-5-7-9-12/h5-9,11,13H,4,10H2,1-3H3/t13-/m0/s1. The van der Waals surface area contributed by atoms with E-state index in [0.29, 0.717) is 6.54 Å². The van der Waals surface area contributed by atoms with Gasteiger partial charge < -0.3 is 4.90 Å². The first-order valence-electron chi connectivity index (χ1n) is 6.04. The van der Waals surface area contributed by atoms with Gasteiger partial charge in [0.05, 0.1) is 4.83 Å². The second-order valence-corrected chi connectivity index (χ2v) is 5.53. The van der Waals surface area contributed by atoms with E-state index in [0.717, 1.165) is 6.42 Å². The van der Waals surface area contributed by atoms with Crippen LogP contribution in [0.25, 0.3) is 0 Å². The number of hydrogen-bond acceptors (Lipinski definition) is 1. The van der Waals surface area contributed by atoms with Crippen LogP contribution in [0.4, 0.5) is 0 Å². The number of benzene rings is 1. The fourth-order valence-electron chi connectivity index (χ4n) is 1.65. The summed E-state index contributed by atoms with van der Waals surface area (Å²) < 4.78 is 0. The molecule has 2 nitrogen and oxygen atoms in total. The van der Waals surface area contributed by atoms with Crippen molar-refractivity contribution < 1.29 is 4.79 Å². The summed E-state index contributed by atoms with van der Waals surface area (Å²) in [6.45, 7) is 6.80. The predicted molar refractivity (Wildman–Crippen MR) is 75.1 cm³/mol. The van der Waals surface area contributed by atoms with Crippen LogP contribution in [-0.2, 0) is 11.3 Å². The normalized spacial score (nSPS) is 12.5. The van der Waals surface area contributed by atoms with Gasteiger partial charge in [-0.2, -0.15) is 0 Å². The molecule has 94 valence electrons. The lowest BCUT2D eigenvalue weighted by Crippen LogP contribution is -2.40. The van der Waals surface area contributed by atoms with Crippen LogP contribution in [0.2, 0.25) is 0 Å². The zero-order valence-corrected chi connectivity index (χ0v) is 12.3. The Morgan fingerprint density at radius 3 is 2.35 bits per heavy atom. The SMILES string of the molecule is CC[C@H](Br)C(=O)N(Cc1ccccc1)C(C)C. The molecule has 0 saturated carbocycles. The van der Waals surface area contributed by atoms with Gasteiger partial charge >= 0.3 is 0 Å². The van der Waals surface area contributed by atoms with E-state index in [1.807, 2.05) is 30.0 Å². The number of hydrogen-bond donors (Lipinski definition) is 0. The lowest BCUT2D eigenvalue weighted by molar-refractivity contribution is -0.132. The Morgan fingerprint density at radius 2 is 1.88 bits per heavy atom. The summed E-state index contributed by atoms with van der Waals surface area (Å²) in [6.07, 6.45) is 0.816. The highest BCUT2D eigenvalue weighted by Crippen LogP contribution is 2.15. The smallest absolute Gasteiger partial charge is 0.236 e. The Kier molecular flexibility index (Phi) is 5.69. The molecule has 0 aliphatic carbocycles. The molecule has 1 atom stereocenters. The van der Waals surface area contributed by atoms with Crippen LogP contribution in [0.5, 0.6) is 0 Å². The lowest BCUT2D eigenvalue weighted by atomic mass is 10.1. The van der Waals surface area contributed by atoms with Gasteiger partial charge in [0.15, 0.2) is 0 Å². The minimum absolute atomic E-state index is 0.0754. The summed E-state index contributed by atoms with van der Waals surface area (Å²) in [7, 11) is 0. The predicted octanol–water partition coefficient (Wildman–Crippen LogP) is 3.60. The Hall–Kier alpha value is -0.830. The topological polar surface area (TPSA) is 20.3 Å². The number of halogens is 1. The molecule has 0 bridgehead atoms. The monoisotopic (exact) mass is 297 g/mol. The molecule has 0 aliphatic heterocycles. The van der Waals surface area contributed by atoms with E-state index in [-0.39, 0.29) is 16.8 Å². The molecule has 0 unspecified atom stereocenters. The maximum Gasteiger partial charge on any atom is 0.236 e. The summed E-state index contributed by atoms with van der Waals surface area (Å²) in [5, 5.41) is 0. The van der Waals surface area contributed by atoms with Crippen molar-refractivity contribution >= 4 is 21.8 Å². The number of rotatable bonds is 5. The van der Waals surface area contributed by atoms with Crippen molar-refractivity contribution in [2.45, 2.75) is 44.6 Å². The molecular weight excluding hydrogens is 278 g/mol. The molecule has 0 fully saturated rings. The maximum absolute atomic E-state index is 12.2. The Balaban J connectivity index is 2.77. The van der Waals surface area contributed by atoms with Gasteiger partial charge in [0, 0.05) is 12.6 Å². The first kappa shape index (κ1) is 14.2. The number of amides is 1. The average Bonchev–Trinajstić information content (AvgIpc) is 2.35. The second kappa shape index (κ2) is 6.80. The molecule has 1 aromatic carbocycles. The van der Waals surface area contributed by atoms with E-state index in [9.17, 15) is 4.79 Å². The molecule has 17 heavy (non-hydrogen) atoms. The van der Waals surface area contributed by atoms with Crippen LogP contribution in [0.15, 0.2) is 30.3 Å². The van der Waals surface area contributed by atoms with Crippen molar-refractivity contribution in [2.24, 2.45) is 0 Å². The minimum Gasteiger partial charge on any atom is -0.335 e. The number of carbonyl (C=O) groups excluding carboxylic acids is 1. The molecule has 0 aromatic heterocycles. The largest absolute Gasteiger partial charge is 0.335 e. The molecule has 0 radical (unpaired) electrons. The van der Waals surface area contributed by atoms with Crippen molar-refractivity contribution in [3.05, 3.63) is 35.9 Å². The lowest BCUT2D eigenvalue weighted by Gasteiger charge is -2.28. The summed E-state index contributed by atoms with van der Waals surface area (Å²) >= 11 is 3.43. The highest BCUT2D eigenvalue weighted by molar-refractivity contribution is 9.10. The number of nitrogens with zero attached hydrogens (tertiary/aromatic N) is 1. The highest BCUT2D eigenvalue weighted by Gasteiger charge is 2.22. The van der Waals surface area contributed by atoms with E-state index in [1.54, 1.807) is 0 Å². The quantitative estimate of drug-likeness (QED) is 0.761. The number of carbonyl (C=O) groups is 1. The van der Waals surface area contributed by atoms with Crippen LogP contribution in [0.1, 0.15) is 32.8 Å². The molecule has 1 aromatic rings. The fourth-order valence-corrected chi connectivity index (χ4v) is 1.91. The number of alkyl halides is 1. The zero-order valence-electron chi connectivity index (χ0n) is 10.7. The van der Waals surface area contributed by atoms with Crippen LogP contribution >= 0.6 is 15.9 Å². The Bertz CT molecular complexity index is 350. The molecular formula is C14H20BrNO. The van der Waals surface area contributed by atoms with Gasteiger partial charge in [-0.25, -0.2) is 0 Å². The van der Waals surface area contributed by atoms with Gasteiger partial charge in [-0.05, 0) is 25.8 Å². The van der Waals surface area contributed by atoms with Crippen molar-refractivity contribution in [3.63, 3.8) is 0 Å². The van der Waals surface area contributed by atoms with Crippen LogP contribution in [0.3, 0.4) is 0 Å². The average molecular weight is 298 g/mol. The highest BCUT2D eigenvalue weighted by atomic mass is 79.9. The van der Waals surface area contributed by atoms with E-state index in [4.69, 9.17) is 0 Å².